The minimum absolute atomic E-state index is 0.000120. The molecule has 2 aromatic carbocycles. The van der Waals surface area contributed by atoms with Crippen molar-refractivity contribution in [3.63, 3.8) is 0 Å². The second-order valence-electron chi connectivity index (χ2n) is 36.8. The van der Waals surface area contributed by atoms with Crippen LogP contribution in [0.5, 0.6) is 0 Å². The highest BCUT2D eigenvalue weighted by Crippen LogP contribution is 2.37. The average Bonchev–Trinajstić information content (AvgIpc) is 1.75. The smallest absolute Gasteiger partial charge is 0.178 e. The fraction of sp³-hybridized carbons (Fsp3) is 0.197. The molecule has 0 aliphatic heterocycles. The number of ketones is 8. The number of benzene rings is 2. The first-order valence-electron chi connectivity index (χ1n) is 46.9. The Morgan fingerprint density at radius 2 is 0.634 bits per heavy atom. The lowest BCUT2D eigenvalue weighted by atomic mass is 9.92. The molecule has 28 heteroatoms. The van der Waals surface area contributed by atoms with E-state index in [1.165, 1.54) is 72.8 Å². The molecule has 18 rings (SSSR count). The summed E-state index contributed by atoms with van der Waals surface area (Å²) >= 11 is 0. The molecule has 10 N–H and O–H groups in total. The Labute approximate surface area is 838 Å². The number of carbonyl (C=O) groups is 8. The maximum Gasteiger partial charge on any atom is 0.178 e. The number of aromatic nitrogens is 16. The van der Waals surface area contributed by atoms with Gasteiger partial charge < -0.3 is 50.3 Å². The standard InChI is InChI=1S/C21H22N2O2.C21H20N2O2.3C19H19N3O2.C18H15N3O2/c1-4-21(3,25)18-9-7-15(8-10-18)17-11-19-16(6-5-14(2)24)12-22-20(19)23-13-17;1-4-20(25)15-7-8-18(13(2)9-15)17-10-19-16(6-5-14(3)24)11-22-21(19)23-12-17;1-12(23)4-5-13-9-21-18-17(13)7-15(10-22-18)14-6-16(11-20-8-14)19(2,3)24;1-12(23)4-5-14-10-21-18-16(14)8-15(11-22-18)13-6-7-20-17(9-13)19(2,3)24;1-12(23)4-5-14-10-21-18-16(14)8-15(11-22-18)13-6-7-17(20-9-13)19(2,3)24;1-11(22)3-4-14-9-20-18-16(14)7-15(10-21-18)13-5-6-19-17(8-13)12(2)23/h5-13,25H,4H2,1-3H3,(H,22,23);5-12H,4H2,1-3H3,(H,22,23);3*4-11,24H,1-3H3,(H,21,22);3-10H,1-2H3,(H,20,21)/b2*6-5+;3*5-4+;4-3+. The van der Waals surface area contributed by atoms with Crippen molar-refractivity contribution in [1.82, 2.24) is 79.7 Å². The van der Waals surface area contributed by atoms with Gasteiger partial charge in [0.2, 0.25) is 0 Å². The molecule has 0 saturated carbocycles. The molecule has 1 atom stereocenters. The van der Waals surface area contributed by atoms with E-state index in [9.17, 15) is 58.8 Å². The quantitative estimate of drug-likeness (QED) is 0.0178. The van der Waals surface area contributed by atoms with Crippen LogP contribution in [0.2, 0.25) is 0 Å². The number of nitrogens with zero attached hydrogens (tertiary/aromatic N) is 10. The van der Waals surface area contributed by atoms with Crippen LogP contribution >= 0.6 is 0 Å². The molecule has 28 nitrogen and oxygen atoms in total. The largest absolute Gasteiger partial charge is 0.386 e. The van der Waals surface area contributed by atoms with Crippen molar-refractivity contribution in [3.05, 3.63) is 336 Å². The van der Waals surface area contributed by atoms with Crippen molar-refractivity contribution < 1.29 is 58.8 Å². The van der Waals surface area contributed by atoms with E-state index in [0.29, 0.717) is 29.9 Å². The predicted molar refractivity (Wildman–Crippen MR) is 574 cm³/mol. The van der Waals surface area contributed by atoms with Crippen LogP contribution < -0.4 is 0 Å². The number of H-pyrrole nitrogens is 6. The summed E-state index contributed by atoms with van der Waals surface area (Å²) in [6.07, 6.45) is 51.2. The van der Waals surface area contributed by atoms with Crippen LogP contribution in [0.4, 0.5) is 0 Å². The third-order valence-electron chi connectivity index (χ3n) is 23.7. The molecule has 0 spiro atoms. The molecule has 0 aliphatic rings. The van der Waals surface area contributed by atoms with Crippen LogP contribution in [0.25, 0.3) is 169 Å². The summed E-state index contributed by atoms with van der Waals surface area (Å²) in [6, 6.07) is 38.8. The maximum atomic E-state index is 11.9. The van der Waals surface area contributed by atoms with Crippen LogP contribution in [-0.4, -0.2) is 146 Å². The van der Waals surface area contributed by atoms with E-state index in [1.54, 1.807) is 152 Å². The zero-order chi connectivity index (χ0) is 104. The lowest BCUT2D eigenvalue weighted by Gasteiger charge is -2.22. The minimum Gasteiger partial charge on any atom is -0.386 e. The number of hydrogen-bond donors (Lipinski definition) is 10. The second-order valence-corrected chi connectivity index (χ2v) is 36.8. The molecule has 145 heavy (non-hydrogen) atoms. The Balaban J connectivity index is 0.000000146. The second kappa shape index (κ2) is 46.0. The summed E-state index contributed by atoms with van der Waals surface area (Å²) < 4.78 is 0. The number of allylic oxidation sites excluding steroid dienone is 6. The maximum absolute atomic E-state index is 11.9. The van der Waals surface area contributed by atoms with Gasteiger partial charge in [0.05, 0.1) is 22.6 Å². The molecule has 734 valence electrons. The minimum atomic E-state index is -1.00. The number of nitrogens with one attached hydrogen (secondary N) is 6. The van der Waals surface area contributed by atoms with E-state index in [-0.39, 0.29) is 46.3 Å². The van der Waals surface area contributed by atoms with E-state index >= 15 is 0 Å². The number of fused-ring (bicyclic) bond motifs is 6. The lowest BCUT2D eigenvalue weighted by Crippen LogP contribution is -2.19. The van der Waals surface area contributed by atoms with Crippen molar-refractivity contribution in [3.8, 4) is 66.8 Å². The number of aryl methyl sites for hydroxylation is 1. The number of Topliss-reactive ketones (excluding diaryl/α,β-unsaturated/α-hetero) is 2. The van der Waals surface area contributed by atoms with Gasteiger partial charge in [-0.3, -0.25) is 58.3 Å². The Morgan fingerprint density at radius 3 is 0.972 bits per heavy atom. The first-order chi connectivity index (χ1) is 69.0. The molecule has 1 unspecified atom stereocenters. The number of carbonyl (C=O) groups excluding carboxylic acids is 8. The summed E-state index contributed by atoms with van der Waals surface area (Å²) in [5, 5.41) is 46.3. The fourth-order valence-corrected chi connectivity index (χ4v) is 15.3. The number of hydrogen-bond acceptors (Lipinski definition) is 22. The Kier molecular flexibility index (Phi) is 33.4. The van der Waals surface area contributed by atoms with E-state index in [1.807, 2.05) is 180 Å². The highest BCUT2D eigenvalue weighted by Gasteiger charge is 2.24. The first kappa shape index (κ1) is 105. The first-order valence-corrected chi connectivity index (χ1v) is 46.9. The number of aliphatic hydroxyl groups is 4. The average molecular weight is 1940 g/mol. The van der Waals surface area contributed by atoms with Crippen molar-refractivity contribution in [2.75, 3.05) is 0 Å². The van der Waals surface area contributed by atoms with Gasteiger partial charge in [-0.15, -0.1) is 0 Å². The predicted octanol–water partition coefficient (Wildman–Crippen LogP) is 23.0. The van der Waals surface area contributed by atoms with E-state index in [4.69, 9.17) is 0 Å². The fourth-order valence-electron chi connectivity index (χ4n) is 15.3. The van der Waals surface area contributed by atoms with Crippen molar-refractivity contribution in [2.45, 2.75) is 153 Å². The van der Waals surface area contributed by atoms with Gasteiger partial charge in [0.15, 0.2) is 46.3 Å². The molecule has 0 radical (unpaired) electrons. The Hall–Kier alpha value is -17.2. The molecular weight excluding hydrogens is 1820 g/mol. The third-order valence-corrected chi connectivity index (χ3v) is 23.7. The molecule has 18 aromatic rings. The third kappa shape index (κ3) is 27.3. The van der Waals surface area contributed by atoms with Crippen molar-refractivity contribution in [2.24, 2.45) is 0 Å². The molecule has 16 heterocycles. The Bertz CT molecular complexity index is 7930. The molecule has 0 fully saturated rings. The van der Waals surface area contributed by atoms with Crippen LogP contribution in [0, 0.1) is 6.92 Å². The molecular formula is C117H114N16O12. The van der Waals surface area contributed by atoms with Crippen LogP contribution in [0.1, 0.15) is 206 Å². The van der Waals surface area contributed by atoms with Gasteiger partial charge in [0.25, 0.3) is 0 Å². The summed E-state index contributed by atoms with van der Waals surface area (Å²) in [6.45, 7) is 28.5. The molecule has 0 saturated heterocycles. The summed E-state index contributed by atoms with van der Waals surface area (Å²) in [5.74, 6) is 0.0668. The Morgan fingerprint density at radius 1 is 0.303 bits per heavy atom. The zero-order valence-electron chi connectivity index (χ0n) is 83.7. The molecule has 0 amide bonds. The molecule has 0 bridgehead atoms. The van der Waals surface area contributed by atoms with Crippen molar-refractivity contribution in [1.29, 1.82) is 0 Å². The summed E-state index contributed by atoms with van der Waals surface area (Å²) in [4.78, 5) is 152. The van der Waals surface area contributed by atoms with Gasteiger partial charge in [-0.05, 0) is 289 Å². The van der Waals surface area contributed by atoms with Gasteiger partial charge in [-0.2, -0.15) is 0 Å². The van der Waals surface area contributed by atoms with Gasteiger partial charge in [0.1, 0.15) is 50.8 Å². The lowest BCUT2D eigenvalue weighted by molar-refractivity contribution is -0.113. The highest BCUT2D eigenvalue weighted by molar-refractivity contribution is 6.03. The SMILES string of the molecule is CC(=O)/C=C/c1c[nH]c2ncc(-c3ccc(C(C)(C)O)nc3)cc12.CC(=O)/C=C/c1c[nH]c2ncc(-c3ccnc(C(C)(C)O)c3)cc12.CC(=O)/C=C/c1c[nH]c2ncc(-c3ccnc(C(C)=O)c3)cc12.CC(=O)/C=C/c1c[nH]c2ncc(-c3cncc(C(C)(C)O)c3)cc12.CCC(=O)c1ccc(-c2cnc3[nH]cc(/C=C/C(C)=O)c3c2)c(C)c1.CCC(C)(O)c1ccc(-c2cnc3[nH]cc(/C=C/C(C)=O)c3c2)cc1. The van der Waals surface area contributed by atoms with Crippen molar-refractivity contribution >= 4 is 149 Å². The molecule has 0 aliphatic carbocycles. The van der Waals surface area contributed by atoms with E-state index < -0.39 is 22.4 Å². The van der Waals surface area contributed by atoms with Crippen LogP contribution in [0.15, 0.2) is 263 Å². The van der Waals surface area contributed by atoms with E-state index in [0.717, 1.165) is 189 Å². The molecule has 16 aromatic heterocycles. The van der Waals surface area contributed by atoms with Crippen LogP contribution in [-0.2, 0) is 51.2 Å². The monoisotopic (exact) mass is 1930 g/mol. The highest BCUT2D eigenvalue weighted by atomic mass is 16.3. The number of rotatable bonds is 26. The van der Waals surface area contributed by atoms with Gasteiger partial charge in [0, 0.05) is 240 Å². The summed E-state index contributed by atoms with van der Waals surface area (Å²) in [7, 11) is 0. The topological polar surface area (TPSA) is 441 Å². The number of aromatic amines is 6. The van der Waals surface area contributed by atoms with Crippen LogP contribution in [0.3, 0.4) is 0 Å². The normalized spacial score (nSPS) is 12.2. The van der Waals surface area contributed by atoms with E-state index in [2.05, 4.69) is 91.9 Å². The van der Waals surface area contributed by atoms with Gasteiger partial charge in [-0.25, -0.2) is 29.9 Å². The number of pyridine rings is 10. The zero-order valence-corrected chi connectivity index (χ0v) is 83.7. The van der Waals surface area contributed by atoms with Gasteiger partial charge >= 0.3 is 0 Å². The van der Waals surface area contributed by atoms with Gasteiger partial charge in [-0.1, -0.05) is 56.3 Å². The summed E-state index contributed by atoms with van der Waals surface area (Å²) in [5.41, 5.74) is 22.7.